The smallest absolute Gasteiger partial charge is 0.277 e. The average molecular weight is 492 g/mol. The van der Waals surface area contributed by atoms with E-state index in [1.54, 1.807) is 12.1 Å². The monoisotopic (exact) mass is 491 g/mol. The van der Waals surface area contributed by atoms with Crippen molar-refractivity contribution < 1.29 is 17.6 Å². The van der Waals surface area contributed by atoms with Crippen molar-refractivity contribution in [2.45, 2.75) is 24.1 Å². The quantitative estimate of drug-likeness (QED) is 0.479. The molecule has 2 atom stereocenters. The summed E-state index contributed by atoms with van der Waals surface area (Å²) in [6.07, 6.45) is 1.05. The lowest BCUT2D eigenvalue weighted by atomic mass is 9.99. The third-order valence-corrected chi connectivity index (χ3v) is 8.11. The summed E-state index contributed by atoms with van der Waals surface area (Å²) in [6.45, 7) is 0. The number of sulfone groups is 1. The summed E-state index contributed by atoms with van der Waals surface area (Å²) in [5.41, 5.74) is 1.88. The highest BCUT2D eigenvalue weighted by atomic mass is 35.5. The summed E-state index contributed by atoms with van der Waals surface area (Å²) in [7, 11) is -2.95. The fourth-order valence-electron chi connectivity index (χ4n) is 3.65. The van der Waals surface area contributed by atoms with Crippen LogP contribution in [0, 0.1) is 5.92 Å². The Morgan fingerprint density at radius 2 is 1.84 bits per heavy atom. The van der Waals surface area contributed by atoms with E-state index < -0.39 is 9.84 Å². The van der Waals surface area contributed by atoms with Crippen LogP contribution in [0.4, 0.5) is 0 Å². The number of carbonyl (C=O) groups is 1. The third-order valence-electron chi connectivity index (χ3n) is 5.21. The van der Waals surface area contributed by atoms with Gasteiger partial charge in [-0.3, -0.25) is 4.79 Å². The number of hydrogen-bond acceptors (Lipinski definition) is 7. The van der Waals surface area contributed by atoms with Gasteiger partial charge in [0.05, 0.1) is 23.3 Å². The minimum Gasteiger partial charge on any atom is -0.416 e. The van der Waals surface area contributed by atoms with Crippen molar-refractivity contribution in [2.24, 2.45) is 5.92 Å². The van der Waals surface area contributed by atoms with Crippen LogP contribution in [0.25, 0.3) is 0 Å². The lowest BCUT2D eigenvalue weighted by molar-refractivity contribution is -0.119. The fraction of sp³-hybridized carbons (Fsp3) is 0.318. The highest BCUT2D eigenvalue weighted by molar-refractivity contribution is 7.99. The van der Waals surface area contributed by atoms with Crippen LogP contribution in [-0.2, 0) is 21.1 Å². The van der Waals surface area contributed by atoms with E-state index in [9.17, 15) is 13.2 Å². The molecule has 168 valence electrons. The lowest BCUT2D eigenvalue weighted by Gasteiger charge is -2.19. The van der Waals surface area contributed by atoms with Gasteiger partial charge in [-0.2, -0.15) is 0 Å². The van der Waals surface area contributed by atoms with Crippen molar-refractivity contribution in [3.63, 3.8) is 0 Å². The van der Waals surface area contributed by atoms with Crippen LogP contribution in [0.3, 0.4) is 0 Å². The van der Waals surface area contributed by atoms with Crippen LogP contribution in [0.1, 0.15) is 29.5 Å². The van der Waals surface area contributed by atoms with E-state index in [1.165, 1.54) is 0 Å². The molecular formula is C22H22ClN3O4S2. The molecule has 10 heteroatoms. The number of nitrogens with one attached hydrogen (secondary N) is 1. The highest BCUT2D eigenvalue weighted by Gasteiger charge is 2.29. The summed E-state index contributed by atoms with van der Waals surface area (Å²) in [5, 5.41) is 11.9. The molecule has 1 aromatic heterocycles. The van der Waals surface area contributed by atoms with Gasteiger partial charge in [-0.1, -0.05) is 65.8 Å². The van der Waals surface area contributed by atoms with Crippen molar-refractivity contribution in [3.8, 4) is 0 Å². The molecule has 1 aliphatic heterocycles. The number of amides is 1. The first kappa shape index (κ1) is 22.8. The Bertz CT molecular complexity index is 1170. The maximum Gasteiger partial charge on any atom is 0.277 e. The van der Waals surface area contributed by atoms with Crippen molar-refractivity contribution >= 4 is 39.1 Å². The first-order valence-electron chi connectivity index (χ1n) is 10.1. The highest BCUT2D eigenvalue weighted by Crippen LogP contribution is 2.26. The first-order chi connectivity index (χ1) is 15.4. The predicted molar refractivity (Wildman–Crippen MR) is 123 cm³/mol. The number of carbonyl (C=O) groups excluding carboxylic acids is 1. The molecule has 2 heterocycles. The molecule has 0 radical (unpaired) electrons. The van der Waals surface area contributed by atoms with Crippen molar-refractivity contribution in [3.05, 3.63) is 76.6 Å². The molecule has 0 aliphatic carbocycles. The van der Waals surface area contributed by atoms with Gasteiger partial charge in [-0.15, -0.1) is 10.2 Å². The summed E-state index contributed by atoms with van der Waals surface area (Å²) in [5.74, 6) is 0.706. The van der Waals surface area contributed by atoms with Crippen molar-refractivity contribution in [1.82, 2.24) is 15.5 Å². The van der Waals surface area contributed by atoms with Crippen LogP contribution in [-0.4, -0.2) is 41.8 Å². The molecular weight excluding hydrogens is 470 g/mol. The van der Waals surface area contributed by atoms with Gasteiger partial charge in [-0.25, -0.2) is 8.42 Å². The SMILES string of the molecule is O=C(CSc1nnc(C[C@@H]2CCS(=O)(=O)C2)o1)N[C@H](c1ccccc1)c1ccc(Cl)cc1. The Morgan fingerprint density at radius 3 is 2.53 bits per heavy atom. The molecule has 0 saturated carbocycles. The second-order valence-electron chi connectivity index (χ2n) is 7.69. The van der Waals surface area contributed by atoms with E-state index in [0.29, 0.717) is 29.0 Å². The Labute approximate surface area is 195 Å². The van der Waals surface area contributed by atoms with E-state index in [4.69, 9.17) is 16.0 Å². The zero-order valence-electron chi connectivity index (χ0n) is 17.1. The third kappa shape index (κ3) is 6.11. The van der Waals surface area contributed by atoms with Gasteiger partial charge in [-0.05, 0) is 35.6 Å². The van der Waals surface area contributed by atoms with Gasteiger partial charge in [0.1, 0.15) is 0 Å². The topological polar surface area (TPSA) is 102 Å². The normalized spacial score (nSPS) is 18.3. The fourth-order valence-corrected chi connectivity index (χ4v) is 6.23. The molecule has 1 fully saturated rings. The number of rotatable bonds is 8. The van der Waals surface area contributed by atoms with Crippen LogP contribution in [0.15, 0.2) is 64.2 Å². The molecule has 0 spiro atoms. The molecule has 0 unspecified atom stereocenters. The van der Waals surface area contributed by atoms with E-state index in [2.05, 4.69) is 15.5 Å². The minimum atomic E-state index is -2.95. The Morgan fingerprint density at radius 1 is 1.12 bits per heavy atom. The number of hydrogen-bond donors (Lipinski definition) is 1. The number of benzene rings is 2. The van der Waals surface area contributed by atoms with E-state index in [-0.39, 0.29) is 35.1 Å². The molecule has 2 aromatic carbocycles. The number of nitrogens with zero attached hydrogens (tertiary/aromatic N) is 2. The largest absolute Gasteiger partial charge is 0.416 e. The molecule has 4 rings (SSSR count). The molecule has 1 aliphatic rings. The second-order valence-corrected chi connectivity index (χ2v) is 11.3. The van der Waals surface area contributed by atoms with E-state index in [0.717, 1.165) is 22.9 Å². The molecule has 32 heavy (non-hydrogen) atoms. The van der Waals surface area contributed by atoms with Crippen molar-refractivity contribution in [2.75, 3.05) is 17.3 Å². The standard InChI is InChI=1S/C22H22ClN3O4S2/c23-18-8-6-17(7-9-18)21(16-4-2-1-3-5-16)24-19(27)13-31-22-26-25-20(30-22)12-15-10-11-32(28,29)14-15/h1-9,15,21H,10-14H2,(H,24,27)/t15-,21+/m0/s1. The molecule has 1 saturated heterocycles. The molecule has 3 aromatic rings. The van der Waals surface area contributed by atoms with Crippen LogP contribution in [0.5, 0.6) is 0 Å². The van der Waals surface area contributed by atoms with Crippen LogP contribution < -0.4 is 5.32 Å². The summed E-state index contributed by atoms with van der Waals surface area (Å²) in [6, 6.07) is 16.7. The van der Waals surface area contributed by atoms with Crippen molar-refractivity contribution in [1.29, 1.82) is 0 Å². The second kappa shape index (κ2) is 10.1. The summed E-state index contributed by atoms with van der Waals surface area (Å²) < 4.78 is 28.8. The van der Waals surface area contributed by atoms with Crippen LogP contribution >= 0.6 is 23.4 Å². The summed E-state index contributed by atoms with van der Waals surface area (Å²) in [4.78, 5) is 12.7. The molecule has 1 amide bonds. The van der Waals surface area contributed by atoms with Crippen LogP contribution in [0.2, 0.25) is 5.02 Å². The number of thioether (sulfide) groups is 1. The predicted octanol–water partition coefficient (Wildman–Crippen LogP) is 3.70. The average Bonchev–Trinajstić information content (AvgIpc) is 3.37. The number of halogens is 1. The Kier molecular flexibility index (Phi) is 7.17. The van der Waals surface area contributed by atoms with E-state index in [1.807, 2.05) is 42.5 Å². The van der Waals surface area contributed by atoms with E-state index >= 15 is 0 Å². The first-order valence-corrected chi connectivity index (χ1v) is 13.3. The Hall–Kier alpha value is -2.36. The molecule has 0 bridgehead atoms. The maximum atomic E-state index is 12.7. The van der Waals surface area contributed by atoms with Gasteiger partial charge in [0.25, 0.3) is 5.22 Å². The summed E-state index contributed by atoms with van der Waals surface area (Å²) >= 11 is 7.16. The van der Waals surface area contributed by atoms with Gasteiger partial charge >= 0.3 is 0 Å². The zero-order chi connectivity index (χ0) is 22.6. The zero-order valence-corrected chi connectivity index (χ0v) is 19.5. The van der Waals surface area contributed by atoms with Gasteiger partial charge < -0.3 is 9.73 Å². The van der Waals surface area contributed by atoms with Gasteiger partial charge in [0, 0.05) is 11.4 Å². The minimum absolute atomic E-state index is 0.00704. The molecule has 1 N–H and O–H groups in total. The maximum absolute atomic E-state index is 12.7. The molecule has 7 nitrogen and oxygen atoms in total. The number of aromatic nitrogens is 2. The lowest BCUT2D eigenvalue weighted by Crippen LogP contribution is -2.30. The Balaban J connectivity index is 1.36. The van der Waals surface area contributed by atoms with Gasteiger partial charge in [0.2, 0.25) is 11.8 Å². The van der Waals surface area contributed by atoms with Gasteiger partial charge in [0.15, 0.2) is 9.84 Å².